The molecule has 1 aliphatic carbocycles. The van der Waals surface area contributed by atoms with Crippen molar-refractivity contribution in [1.29, 1.82) is 0 Å². The minimum atomic E-state index is -0.710. The van der Waals surface area contributed by atoms with Crippen LogP contribution in [0.15, 0.2) is 24.7 Å². The summed E-state index contributed by atoms with van der Waals surface area (Å²) in [5.41, 5.74) is 0.910. The van der Waals surface area contributed by atoms with Crippen LogP contribution in [0.5, 0.6) is 0 Å². The number of carbonyl (C=O) groups is 3. The van der Waals surface area contributed by atoms with Gasteiger partial charge in [-0.3, -0.25) is 14.4 Å². The second-order valence-corrected chi connectivity index (χ2v) is 10.1. The highest BCUT2D eigenvalue weighted by atomic mass is 16.5. The molecule has 10 nitrogen and oxygen atoms in total. The van der Waals surface area contributed by atoms with E-state index in [0.717, 1.165) is 31.2 Å². The molecule has 4 heterocycles. The Morgan fingerprint density at radius 1 is 1.20 bits per heavy atom. The highest BCUT2D eigenvalue weighted by Crippen LogP contribution is 2.44. The number of ether oxygens (including phenoxy) is 1. The smallest absolute Gasteiger partial charge is 0.287 e. The van der Waals surface area contributed by atoms with Gasteiger partial charge in [-0.2, -0.15) is 0 Å². The maximum Gasteiger partial charge on any atom is 0.287 e. The van der Waals surface area contributed by atoms with Gasteiger partial charge >= 0.3 is 0 Å². The standard InChI is InChI=1S/C25H32N6O4/c1-15-3-5-16(6-4-15)20(30-23(33)21-26-9-10-31(21)2)22(32)29-19-13-18-17(14-27-19)25(24(34)28-18)7-11-35-12-8-25/h9-10,13-16,20H,3-8,11-12H2,1-2H3,(H,28,34)(H,30,33)(H,27,29,32). The van der Waals surface area contributed by atoms with Crippen LogP contribution in [0.2, 0.25) is 0 Å². The van der Waals surface area contributed by atoms with E-state index in [2.05, 4.69) is 32.8 Å². The summed E-state index contributed by atoms with van der Waals surface area (Å²) in [6, 6.07) is 0.994. The normalized spacial score (nSPS) is 23.9. The number of aryl methyl sites for hydroxylation is 1. The first-order chi connectivity index (χ1) is 16.9. The summed E-state index contributed by atoms with van der Waals surface area (Å²) in [6.07, 6.45) is 9.90. The number of anilines is 2. The number of rotatable bonds is 5. The minimum absolute atomic E-state index is 0.0232. The largest absolute Gasteiger partial charge is 0.381 e. The molecule has 1 saturated heterocycles. The summed E-state index contributed by atoms with van der Waals surface area (Å²) in [6.45, 7) is 3.27. The van der Waals surface area contributed by atoms with Gasteiger partial charge in [-0.05, 0) is 37.5 Å². The number of pyridine rings is 1. The zero-order valence-electron chi connectivity index (χ0n) is 20.2. The molecule has 10 heteroatoms. The maximum atomic E-state index is 13.4. The third kappa shape index (κ3) is 4.42. The predicted molar refractivity (Wildman–Crippen MR) is 129 cm³/mol. The lowest BCUT2D eigenvalue weighted by atomic mass is 9.76. The molecule has 2 aromatic rings. The van der Waals surface area contributed by atoms with Crippen molar-refractivity contribution in [3.63, 3.8) is 0 Å². The molecule has 2 fully saturated rings. The number of fused-ring (bicyclic) bond motifs is 2. The SMILES string of the molecule is CC1CCC(C(NC(=O)c2nccn2C)C(=O)Nc2cc3c(cn2)C2(CCOCC2)C(=O)N3)CC1. The number of hydrogen-bond acceptors (Lipinski definition) is 6. The van der Waals surface area contributed by atoms with E-state index in [1.165, 1.54) is 0 Å². The van der Waals surface area contributed by atoms with Crippen LogP contribution in [-0.2, 0) is 26.8 Å². The number of nitrogens with zero attached hydrogens (tertiary/aromatic N) is 3. The Labute approximate surface area is 204 Å². The number of hydrogen-bond donors (Lipinski definition) is 3. The van der Waals surface area contributed by atoms with Gasteiger partial charge in [-0.1, -0.05) is 19.8 Å². The van der Waals surface area contributed by atoms with Crippen molar-refractivity contribution >= 4 is 29.2 Å². The summed E-state index contributed by atoms with van der Waals surface area (Å²) >= 11 is 0. The van der Waals surface area contributed by atoms with Crippen molar-refractivity contribution in [2.24, 2.45) is 18.9 Å². The lowest BCUT2D eigenvalue weighted by molar-refractivity contribution is -0.124. The van der Waals surface area contributed by atoms with Crippen molar-refractivity contribution in [2.45, 2.75) is 56.9 Å². The molecule has 3 N–H and O–H groups in total. The topological polar surface area (TPSA) is 127 Å². The molecule has 2 aliphatic heterocycles. The van der Waals surface area contributed by atoms with Crippen LogP contribution in [-0.4, -0.2) is 51.5 Å². The number of amides is 3. The van der Waals surface area contributed by atoms with Gasteiger partial charge in [-0.15, -0.1) is 0 Å². The third-order valence-corrected chi connectivity index (χ3v) is 7.83. The van der Waals surface area contributed by atoms with Gasteiger partial charge < -0.3 is 25.3 Å². The Morgan fingerprint density at radius 2 is 1.94 bits per heavy atom. The summed E-state index contributed by atoms with van der Waals surface area (Å²) in [4.78, 5) is 47.7. The highest BCUT2D eigenvalue weighted by Gasteiger charge is 2.48. The second-order valence-electron chi connectivity index (χ2n) is 10.1. The van der Waals surface area contributed by atoms with Crippen LogP contribution < -0.4 is 16.0 Å². The Balaban J connectivity index is 1.35. The molecular formula is C25H32N6O4. The summed E-state index contributed by atoms with van der Waals surface area (Å²) in [5.74, 6) is 0.495. The molecule has 0 bridgehead atoms. The molecule has 5 rings (SSSR count). The number of nitrogens with one attached hydrogen (secondary N) is 3. The van der Waals surface area contributed by atoms with Crippen LogP contribution in [0.3, 0.4) is 0 Å². The molecular weight excluding hydrogens is 448 g/mol. The van der Waals surface area contributed by atoms with Gasteiger partial charge in [-0.25, -0.2) is 9.97 Å². The molecule has 35 heavy (non-hydrogen) atoms. The molecule has 2 aromatic heterocycles. The summed E-state index contributed by atoms with van der Waals surface area (Å²) in [5, 5.41) is 8.77. The first-order valence-electron chi connectivity index (χ1n) is 12.4. The average Bonchev–Trinajstić information content (AvgIpc) is 3.39. The van der Waals surface area contributed by atoms with E-state index in [-0.39, 0.29) is 29.5 Å². The molecule has 0 radical (unpaired) electrons. The summed E-state index contributed by atoms with van der Waals surface area (Å²) in [7, 11) is 1.74. The first kappa shape index (κ1) is 23.5. The monoisotopic (exact) mass is 480 g/mol. The van der Waals surface area contributed by atoms with Crippen LogP contribution in [0.4, 0.5) is 11.5 Å². The Morgan fingerprint density at radius 3 is 2.63 bits per heavy atom. The van der Waals surface area contributed by atoms with Gasteiger partial charge in [0.1, 0.15) is 11.9 Å². The fraction of sp³-hybridized carbons (Fsp3) is 0.560. The average molecular weight is 481 g/mol. The molecule has 3 amide bonds. The fourth-order valence-corrected chi connectivity index (χ4v) is 5.60. The van der Waals surface area contributed by atoms with Crippen molar-refractivity contribution in [3.8, 4) is 0 Å². The Hall–Kier alpha value is -3.27. The quantitative estimate of drug-likeness (QED) is 0.603. The molecule has 1 saturated carbocycles. The van der Waals surface area contributed by atoms with E-state index < -0.39 is 11.5 Å². The fourth-order valence-electron chi connectivity index (χ4n) is 5.60. The van der Waals surface area contributed by atoms with Gasteiger partial charge in [0.05, 0.1) is 11.1 Å². The van der Waals surface area contributed by atoms with E-state index in [4.69, 9.17) is 4.74 Å². The van der Waals surface area contributed by atoms with Crippen LogP contribution in [0.25, 0.3) is 0 Å². The van der Waals surface area contributed by atoms with Gasteiger partial charge in [0, 0.05) is 50.5 Å². The zero-order valence-corrected chi connectivity index (χ0v) is 20.2. The van der Waals surface area contributed by atoms with Crippen molar-refractivity contribution in [1.82, 2.24) is 19.9 Å². The van der Waals surface area contributed by atoms with Crippen molar-refractivity contribution in [3.05, 3.63) is 36.0 Å². The van der Waals surface area contributed by atoms with Crippen molar-refractivity contribution in [2.75, 3.05) is 23.8 Å². The molecule has 1 atom stereocenters. The Kier molecular flexibility index (Phi) is 6.31. The minimum Gasteiger partial charge on any atom is -0.381 e. The van der Waals surface area contributed by atoms with Crippen molar-refractivity contribution < 1.29 is 19.1 Å². The highest BCUT2D eigenvalue weighted by molar-refractivity contribution is 6.07. The molecule has 1 unspecified atom stereocenters. The van der Waals surface area contributed by atoms with E-state index in [9.17, 15) is 14.4 Å². The molecule has 3 aliphatic rings. The second kappa shape index (κ2) is 9.41. The van der Waals surface area contributed by atoms with Crippen LogP contribution in [0, 0.1) is 11.8 Å². The molecule has 186 valence electrons. The molecule has 0 aromatic carbocycles. The molecule has 1 spiro atoms. The first-order valence-corrected chi connectivity index (χ1v) is 12.4. The Bertz CT molecular complexity index is 1130. The maximum absolute atomic E-state index is 13.4. The van der Waals surface area contributed by atoms with E-state index >= 15 is 0 Å². The predicted octanol–water partition coefficient (Wildman–Crippen LogP) is 2.38. The van der Waals surface area contributed by atoms with Crippen LogP contribution in [0.1, 0.15) is 61.6 Å². The zero-order chi connectivity index (χ0) is 24.6. The lowest BCUT2D eigenvalue weighted by Gasteiger charge is -2.32. The van der Waals surface area contributed by atoms with Crippen LogP contribution >= 0.6 is 0 Å². The van der Waals surface area contributed by atoms with Gasteiger partial charge in [0.15, 0.2) is 5.82 Å². The van der Waals surface area contributed by atoms with Gasteiger partial charge in [0.2, 0.25) is 11.8 Å². The number of carbonyl (C=O) groups excluding carboxylic acids is 3. The number of imidazole rings is 1. The third-order valence-electron chi connectivity index (χ3n) is 7.83. The van der Waals surface area contributed by atoms with E-state index in [1.807, 2.05) is 0 Å². The lowest BCUT2D eigenvalue weighted by Crippen LogP contribution is -2.49. The van der Waals surface area contributed by atoms with Gasteiger partial charge in [0.25, 0.3) is 5.91 Å². The van der Waals surface area contributed by atoms with E-state index in [0.29, 0.717) is 43.5 Å². The van der Waals surface area contributed by atoms with E-state index in [1.54, 1.807) is 36.3 Å². The number of aromatic nitrogens is 3. The summed E-state index contributed by atoms with van der Waals surface area (Å²) < 4.78 is 7.08.